The molecule has 0 saturated carbocycles. The van der Waals surface area contributed by atoms with E-state index in [1.165, 1.54) is 5.56 Å². The molecule has 21 heavy (non-hydrogen) atoms. The van der Waals surface area contributed by atoms with E-state index in [0.29, 0.717) is 0 Å². The minimum Gasteiger partial charge on any atom is -0.381 e. The second-order valence-corrected chi connectivity index (χ2v) is 5.68. The molecule has 1 aromatic carbocycles. The van der Waals surface area contributed by atoms with Crippen molar-refractivity contribution < 1.29 is 0 Å². The number of benzene rings is 1. The molecule has 2 heterocycles. The highest BCUT2D eigenvalue weighted by molar-refractivity contribution is 9.10. The maximum atomic E-state index is 4.23. The average molecular weight is 343 g/mol. The number of hydrogen-bond acceptors (Lipinski definition) is 3. The van der Waals surface area contributed by atoms with Gasteiger partial charge in [-0.2, -0.15) is 5.10 Å². The topological polar surface area (TPSA) is 42.7 Å². The summed E-state index contributed by atoms with van der Waals surface area (Å²) in [5, 5.41) is 7.64. The Bertz CT molecular complexity index is 710. The maximum Gasteiger partial charge on any atom is 0.0660 e. The fourth-order valence-corrected chi connectivity index (χ4v) is 2.53. The van der Waals surface area contributed by atoms with Crippen LogP contribution in [-0.2, 0) is 13.1 Å². The van der Waals surface area contributed by atoms with Gasteiger partial charge in [0.25, 0.3) is 0 Å². The van der Waals surface area contributed by atoms with Crippen LogP contribution in [0, 0.1) is 0 Å². The molecule has 5 heteroatoms. The Morgan fingerprint density at radius 3 is 2.86 bits per heavy atom. The first-order valence-electron chi connectivity index (χ1n) is 6.69. The Morgan fingerprint density at radius 2 is 2.05 bits per heavy atom. The van der Waals surface area contributed by atoms with Crippen molar-refractivity contribution in [2.24, 2.45) is 0 Å². The highest BCUT2D eigenvalue weighted by Gasteiger charge is 1.99. The predicted octanol–water partition coefficient (Wildman–Crippen LogP) is 3.70. The van der Waals surface area contributed by atoms with Crippen LogP contribution in [0.5, 0.6) is 0 Å². The minimum absolute atomic E-state index is 0.748. The summed E-state index contributed by atoms with van der Waals surface area (Å²) in [6.45, 7) is 1.53. The van der Waals surface area contributed by atoms with Crippen molar-refractivity contribution >= 4 is 21.6 Å². The maximum absolute atomic E-state index is 4.23. The van der Waals surface area contributed by atoms with Crippen molar-refractivity contribution in [3.05, 3.63) is 76.8 Å². The SMILES string of the molecule is Brc1cncc(CNc2cccc(Cn3cccn3)c2)c1. The van der Waals surface area contributed by atoms with Gasteiger partial charge in [0.15, 0.2) is 0 Å². The van der Waals surface area contributed by atoms with E-state index >= 15 is 0 Å². The van der Waals surface area contributed by atoms with Gasteiger partial charge in [-0.15, -0.1) is 0 Å². The molecule has 0 aliphatic carbocycles. The fourth-order valence-electron chi connectivity index (χ4n) is 2.12. The molecule has 1 N–H and O–H groups in total. The van der Waals surface area contributed by atoms with Gasteiger partial charge in [0, 0.05) is 41.5 Å². The standard InChI is InChI=1S/C16H15BrN4/c17-15-7-14(9-18-11-15)10-19-16-4-1-3-13(8-16)12-21-6-2-5-20-21/h1-9,11,19H,10,12H2. The van der Waals surface area contributed by atoms with Crippen LogP contribution in [0.1, 0.15) is 11.1 Å². The molecule has 0 unspecified atom stereocenters. The number of hydrogen-bond donors (Lipinski definition) is 1. The summed E-state index contributed by atoms with van der Waals surface area (Å²) < 4.78 is 2.91. The van der Waals surface area contributed by atoms with Gasteiger partial charge in [0.05, 0.1) is 6.54 Å². The van der Waals surface area contributed by atoms with E-state index in [1.807, 2.05) is 23.1 Å². The van der Waals surface area contributed by atoms with Crippen LogP contribution in [0.25, 0.3) is 0 Å². The molecular weight excluding hydrogens is 328 g/mol. The highest BCUT2D eigenvalue weighted by atomic mass is 79.9. The number of rotatable bonds is 5. The molecule has 0 bridgehead atoms. The molecule has 4 nitrogen and oxygen atoms in total. The predicted molar refractivity (Wildman–Crippen MR) is 87.0 cm³/mol. The smallest absolute Gasteiger partial charge is 0.0660 e. The van der Waals surface area contributed by atoms with Crippen LogP contribution in [0.2, 0.25) is 0 Å². The first kappa shape index (κ1) is 13.8. The Labute approximate surface area is 132 Å². The van der Waals surface area contributed by atoms with Crippen LogP contribution in [0.4, 0.5) is 5.69 Å². The molecule has 3 rings (SSSR count). The third-order valence-electron chi connectivity index (χ3n) is 3.09. The lowest BCUT2D eigenvalue weighted by Gasteiger charge is -2.09. The zero-order chi connectivity index (χ0) is 14.5. The van der Waals surface area contributed by atoms with Gasteiger partial charge in [-0.3, -0.25) is 9.67 Å². The molecule has 0 radical (unpaired) electrons. The van der Waals surface area contributed by atoms with Crippen LogP contribution in [0.3, 0.4) is 0 Å². The second-order valence-electron chi connectivity index (χ2n) is 4.77. The van der Waals surface area contributed by atoms with Crippen LogP contribution in [0.15, 0.2) is 65.7 Å². The first-order chi connectivity index (χ1) is 10.3. The van der Waals surface area contributed by atoms with E-state index in [9.17, 15) is 0 Å². The Kier molecular flexibility index (Phi) is 4.31. The van der Waals surface area contributed by atoms with Gasteiger partial charge in [-0.1, -0.05) is 12.1 Å². The summed E-state index contributed by atoms with van der Waals surface area (Å²) in [4.78, 5) is 4.17. The number of nitrogens with one attached hydrogen (secondary N) is 1. The second kappa shape index (κ2) is 6.54. The molecule has 0 fully saturated rings. The van der Waals surface area contributed by atoms with Gasteiger partial charge in [0.2, 0.25) is 0 Å². The van der Waals surface area contributed by atoms with Crippen molar-refractivity contribution in [3.8, 4) is 0 Å². The third-order valence-corrected chi connectivity index (χ3v) is 3.52. The lowest BCUT2D eigenvalue weighted by molar-refractivity contribution is 0.687. The number of nitrogens with zero attached hydrogens (tertiary/aromatic N) is 3. The van der Waals surface area contributed by atoms with Crippen LogP contribution in [-0.4, -0.2) is 14.8 Å². The first-order valence-corrected chi connectivity index (χ1v) is 7.48. The van der Waals surface area contributed by atoms with Gasteiger partial charge in [-0.25, -0.2) is 0 Å². The lowest BCUT2D eigenvalue weighted by Crippen LogP contribution is -2.03. The number of aromatic nitrogens is 3. The summed E-state index contributed by atoms with van der Waals surface area (Å²) in [7, 11) is 0. The number of pyridine rings is 1. The zero-order valence-corrected chi connectivity index (χ0v) is 13.0. The van der Waals surface area contributed by atoms with Crippen molar-refractivity contribution in [1.29, 1.82) is 0 Å². The van der Waals surface area contributed by atoms with Crippen molar-refractivity contribution in [2.75, 3.05) is 5.32 Å². The molecule has 0 atom stereocenters. The summed E-state index contributed by atoms with van der Waals surface area (Å²) in [6, 6.07) is 12.4. The van der Waals surface area contributed by atoms with Crippen LogP contribution < -0.4 is 5.32 Å². The average Bonchev–Trinajstić information content (AvgIpc) is 2.99. The normalized spacial score (nSPS) is 10.5. The zero-order valence-electron chi connectivity index (χ0n) is 11.4. The Morgan fingerprint density at radius 1 is 1.10 bits per heavy atom. The molecule has 0 amide bonds. The molecule has 0 saturated heterocycles. The molecule has 2 aromatic heterocycles. The minimum atomic E-state index is 0.748. The number of halogens is 1. The third kappa shape index (κ3) is 3.92. The summed E-state index contributed by atoms with van der Waals surface area (Å²) in [5.74, 6) is 0. The van der Waals surface area contributed by atoms with E-state index in [-0.39, 0.29) is 0 Å². The van der Waals surface area contributed by atoms with Crippen molar-refractivity contribution in [1.82, 2.24) is 14.8 Å². The van der Waals surface area contributed by atoms with E-state index in [1.54, 1.807) is 12.4 Å². The summed E-state index contributed by atoms with van der Waals surface area (Å²) in [5.41, 5.74) is 3.46. The van der Waals surface area contributed by atoms with Crippen molar-refractivity contribution in [2.45, 2.75) is 13.1 Å². The fraction of sp³-hybridized carbons (Fsp3) is 0.125. The molecule has 0 aliphatic heterocycles. The monoisotopic (exact) mass is 342 g/mol. The Balaban J connectivity index is 1.66. The van der Waals surface area contributed by atoms with Gasteiger partial charge >= 0.3 is 0 Å². The summed E-state index contributed by atoms with van der Waals surface area (Å²) in [6.07, 6.45) is 7.41. The molecule has 3 aromatic rings. The highest BCUT2D eigenvalue weighted by Crippen LogP contribution is 2.14. The van der Waals surface area contributed by atoms with E-state index in [0.717, 1.165) is 28.8 Å². The van der Waals surface area contributed by atoms with Crippen LogP contribution >= 0.6 is 15.9 Å². The van der Waals surface area contributed by atoms with Gasteiger partial charge in [0.1, 0.15) is 0 Å². The molecule has 106 valence electrons. The van der Waals surface area contributed by atoms with E-state index < -0.39 is 0 Å². The van der Waals surface area contributed by atoms with Gasteiger partial charge < -0.3 is 5.32 Å². The lowest BCUT2D eigenvalue weighted by atomic mass is 10.2. The molecule has 0 spiro atoms. The van der Waals surface area contributed by atoms with E-state index in [2.05, 4.69) is 61.7 Å². The quantitative estimate of drug-likeness (QED) is 0.768. The number of anilines is 1. The van der Waals surface area contributed by atoms with Gasteiger partial charge in [-0.05, 0) is 51.3 Å². The molecule has 0 aliphatic rings. The largest absolute Gasteiger partial charge is 0.381 e. The van der Waals surface area contributed by atoms with Crippen molar-refractivity contribution in [3.63, 3.8) is 0 Å². The van der Waals surface area contributed by atoms with E-state index in [4.69, 9.17) is 0 Å². The summed E-state index contributed by atoms with van der Waals surface area (Å²) >= 11 is 3.43. The molecular formula is C16H15BrN4. The Hall–Kier alpha value is -2.14.